The number of aryl methyl sites for hydroxylation is 3. The molecule has 12 rings (SSSR count). The zero-order valence-electron chi connectivity index (χ0n) is 71.3. The minimum absolute atomic E-state index is 0.0438. The highest BCUT2D eigenvalue weighted by molar-refractivity contribution is 7.89. The third kappa shape index (κ3) is 25.2. The van der Waals surface area contributed by atoms with Crippen molar-refractivity contribution in [1.29, 1.82) is 0 Å². The average Bonchev–Trinajstić information content (AvgIpc) is 0.803. The van der Waals surface area contributed by atoms with Gasteiger partial charge in [-0.05, 0) is 196 Å². The molecule has 0 spiro atoms. The number of anilines is 3. The summed E-state index contributed by atoms with van der Waals surface area (Å²) in [6, 6.07) is 55.5. The van der Waals surface area contributed by atoms with Gasteiger partial charge in [-0.3, -0.25) is 14.4 Å². The Kier molecular flexibility index (Phi) is 33.5. The minimum atomic E-state index is -4.02. The molecule has 0 aliphatic heterocycles. The minimum Gasteiger partial charge on any atom is -0.507 e. The fraction of sp³-hybridized carbons (Fsp3) is 0.361. The van der Waals surface area contributed by atoms with Gasteiger partial charge in [0.1, 0.15) is 33.9 Å². The Labute approximate surface area is 728 Å². The number of carboxylic acids is 3. The molecule has 0 radical (unpaired) electrons. The monoisotopic (exact) mass is 1750 g/mol. The van der Waals surface area contributed by atoms with E-state index in [1.807, 2.05) is 77.9 Å². The summed E-state index contributed by atoms with van der Waals surface area (Å²) in [4.78, 5) is 80.4. The Morgan fingerprint density at radius 1 is 0.379 bits per heavy atom. The van der Waals surface area contributed by atoms with Gasteiger partial charge < -0.3 is 45.3 Å². The number of benzene rings is 9. The van der Waals surface area contributed by atoms with Gasteiger partial charge in [-0.25, -0.2) is 39.6 Å². The maximum atomic E-state index is 13.9. The Bertz CT molecular complexity index is 5540. The largest absolute Gasteiger partial charge is 0.507 e. The van der Waals surface area contributed by atoms with E-state index < -0.39 is 103 Å². The third-order valence-electron chi connectivity index (χ3n) is 22.9. The number of carbonyl (C=O) groups excluding carboxylic acids is 3. The molecule has 0 aromatic heterocycles. The highest BCUT2D eigenvalue weighted by Crippen LogP contribution is 2.38. The highest BCUT2D eigenvalue weighted by atomic mass is 32.2. The summed E-state index contributed by atoms with van der Waals surface area (Å²) in [5, 5.41) is 59.2. The second-order valence-electron chi connectivity index (χ2n) is 32.7. The first-order valence-corrected chi connectivity index (χ1v) is 46.7. The lowest BCUT2D eigenvalue weighted by molar-refractivity contribution is -0.119. The number of sulfonamides is 3. The molecule has 3 saturated carbocycles. The number of carbonyl (C=O) groups is 6. The van der Waals surface area contributed by atoms with Crippen LogP contribution in [0, 0.1) is 26.7 Å². The van der Waals surface area contributed by atoms with Crippen molar-refractivity contribution in [3.8, 4) is 17.2 Å². The Balaban J connectivity index is 0.000000195. The molecule has 658 valence electrons. The molecule has 0 unspecified atom stereocenters. The van der Waals surface area contributed by atoms with Crippen LogP contribution < -0.4 is 14.7 Å². The molecule has 9 aromatic carbocycles. The molecule has 3 fully saturated rings. The fourth-order valence-electron chi connectivity index (χ4n) is 16.0. The molecule has 27 heteroatoms. The standard InChI is InChI=1S/C33H40N2O6S.C32H38N2O6S.C32H36N2O6S/c1-23(2)20-34(42(40,41)29-16-9-24(3)10-17-29)22-32(37)35(28-15-18-30(33(38)39)31(36)19-28)21-25-11-13-27(14-12-25)26-7-5-4-6-8-26;2*1-3-19-33(41(39,40)28-16-9-23(2)10-17-28)22-31(36)34(27-15-18-29(32(37)38)30(35)20-27)21-24-11-13-26(14-12-24)25-7-5-4-6-8-25/h9-19,23,26,36H,4-8,20-22H2,1-3H3,(H,38,39);9-18,20,25,35H,3-8,19,21-22H2,1-2H3,(H,37,38);3,9-18,20,25,35H,1,4-8,19,21-22H2,2H3,(H,37,38). The molecule has 6 N–H and O–H groups in total. The Morgan fingerprint density at radius 2 is 0.645 bits per heavy atom. The van der Waals surface area contributed by atoms with E-state index >= 15 is 0 Å². The van der Waals surface area contributed by atoms with Gasteiger partial charge in [-0.15, -0.1) is 6.58 Å². The van der Waals surface area contributed by atoms with Crippen molar-refractivity contribution < 1.29 is 84.7 Å². The van der Waals surface area contributed by atoms with Crippen LogP contribution in [-0.2, 0) is 64.1 Å². The molecule has 0 heterocycles. The zero-order valence-corrected chi connectivity index (χ0v) is 73.8. The Morgan fingerprint density at radius 3 is 0.903 bits per heavy atom. The predicted octanol–water partition coefficient (Wildman–Crippen LogP) is 18.3. The smallest absolute Gasteiger partial charge is 0.339 e. The quantitative estimate of drug-likeness (QED) is 0.0208. The molecule has 3 aliphatic carbocycles. The molecule has 9 aromatic rings. The Hall–Kier alpha value is -11.3. The van der Waals surface area contributed by atoms with Crippen LogP contribution in [0.3, 0.4) is 0 Å². The highest BCUT2D eigenvalue weighted by Gasteiger charge is 2.35. The summed E-state index contributed by atoms with van der Waals surface area (Å²) in [7, 11) is -12.0. The van der Waals surface area contributed by atoms with Gasteiger partial charge in [-0.2, -0.15) is 12.9 Å². The number of aromatic carboxylic acids is 3. The number of hydrogen-bond donors (Lipinski definition) is 6. The van der Waals surface area contributed by atoms with Crippen LogP contribution in [-0.4, -0.2) is 144 Å². The number of nitrogens with zero attached hydrogens (tertiary/aromatic N) is 6. The lowest BCUT2D eigenvalue weighted by Crippen LogP contribution is -2.44. The molecule has 0 bridgehead atoms. The van der Waals surface area contributed by atoms with E-state index in [0.717, 1.165) is 50.5 Å². The normalized spacial score (nSPS) is 14.2. The number of phenols is 3. The van der Waals surface area contributed by atoms with E-state index in [1.165, 1.54) is 221 Å². The number of aromatic hydroxyl groups is 3. The summed E-state index contributed by atoms with van der Waals surface area (Å²) in [5.41, 5.74) is 8.97. The SMILES string of the molecule is C=CCN(CC(=O)N(Cc1ccc(C2CCCCC2)cc1)c1ccc(C(=O)O)c(O)c1)S(=O)(=O)c1ccc(C)cc1.CCCN(CC(=O)N(Cc1ccc(C2CCCCC2)cc1)c1ccc(C(=O)O)c(O)c1)S(=O)(=O)c1ccc(C)cc1.Cc1ccc(S(=O)(=O)N(CC(=O)N(Cc2ccc(C3CCCCC3)cc2)c2ccc(C(=O)O)c(O)c2)CC(C)C)cc1. The van der Waals surface area contributed by atoms with E-state index in [1.54, 1.807) is 36.4 Å². The number of amides is 3. The van der Waals surface area contributed by atoms with Crippen molar-refractivity contribution in [1.82, 2.24) is 12.9 Å². The van der Waals surface area contributed by atoms with Gasteiger partial charge >= 0.3 is 17.9 Å². The van der Waals surface area contributed by atoms with Crippen molar-refractivity contribution in [2.24, 2.45) is 5.92 Å². The van der Waals surface area contributed by atoms with Crippen LogP contribution in [0.25, 0.3) is 0 Å². The zero-order chi connectivity index (χ0) is 89.6. The van der Waals surface area contributed by atoms with Crippen LogP contribution in [0.2, 0.25) is 0 Å². The van der Waals surface area contributed by atoms with Gasteiger partial charge in [0.25, 0.3) is 0 Å². The summed E-state index contributed by atoms with van der Waals surface area (Å²) >= 11 is 0. The van der Waals surface area contributed by atoms with E-state index in [2.05, 4.69) is 43.0 Å². The predicted molar refractivity (Wildman–Crippen MR) is 481 cm³/mol. The van der Waals surface area contributed by atoms with Crippen LogP contribution >= 0.6 is 0 Å². The van der Waals surface area contributed by atoms with Crippen LogP contribution in [0.1, 0.15) is 222 Å². The van der Waals surface area contributed by atoms with Crippen molar-refractivity contribution in [3.63, 3.8) is 0 Å². The first-order valence-electron chi connectivity index (χ1n) is 42.3. The van der Waals surface area contributed by atoms with Crippen molar-refractivity contribution >= 4 is 82.8 Å². The summed E-state index contributed by atoms with van der Waals surface area (Å²) in [6.45, 7) is 14.1. The van der Waals surface area contributed by atoms with Crippen LogP contribution in [0.5, 0.6) is 17.2 Å². The molecular weight excluding hydrogens is 1630 g/mol. The number of rotatable bonds is 33. The third-order valence-corrected chi connectivity index (χ3v) is 28.5. The second-order valence-corrected chi connectivity index (χ2v) is 38.6. The summed E-state index contributed by atoms with van der Waals surface area (Å²) in [6.07, 6.45) is 20.1. The molecule has 0 saturated heterocycles. The van der Waals surface area contributed by atoms with Gasteiger partial charge in [0.15, 0.2) is 0 Å². The molecule has 24 nitrogen and oxygen atoms in total. The van der Waals surface area contributed by atoms with Crippen LogP contribution in [0.4, 0.5) is 17.1 Å². The van der Waals surface area contributed by atoms with Gasteiger partial charge in [0.05, 0.1) is 54.0 Å². The maximum Gasteiger partial charge on any atom is 0.339 e. The number of carboxylic acid groups (broad SMARTS) is 3. The van der Waals surface area contributed by atoms with Crippen molar-refractivity contribution in [2.45, 2.75) is 196 Å². The lowest BCUT2D eigenvalue weighted by Gasteiger charge is -2.29. The fourth-order valence-corrected chi connectivity index (χ4v) is 20.4. The molecule has 3 amide bonds. The van der Waals surface area contributed by atoms with E-state index in [9.17, 15) is 84.7 Å². The molecule has 124 heavy (non-hydrogen) atoms. The molecule has 3 aliphatic rings. The second kappa shape index (κ2) is 43.8. The van der Waals surface area contributed by atoms with Crippen LogP contribution in [0.15, 0.2) is 228 Å². The van der Waals surface area contributed by atoms with Gasteiger partial charge in [-0.1, -0.05) is 211 Å². The topological polar surface area (TPSA) is 346 Å². The van der Waals surface area contributed by atoms with Gasteiger partial charge in [0.2, 0.25) is 47.8 Å². The maximum absolute atomic E-state index is 13.9. The molecular formula is C97H114N6O18S3. The van der Waals surface area contributed by atoms with E-state index in [0.29, 0.717) is 24.2 Å². The van der Waals surface area contributed by atoms with Crippen molar-refractivity contribution in [3.05, 3.63) is 280 Å². The van der Waals surface area contributed by atoms with E-state index in [-0.39, 0.29) is 93.6 Å². The van der Waals surface area contributed by atoms with E-state index in [4.69, 9.17) is 0 Å². The lowest BCUT2D eigenvalue weighted by atomic mass is 9.84. The average molecular weight is 1750 g/mol. The van der Waals surface area contributed by atoms with Crippen molar-refractivity contribution in [2.75, 3.05) is 54.0 Å². The molecule has 0 atom stereocenters. The summed E-state index contributed by atoms with van der Waals surface area (Å²) < 4.78 is 84.6. The first kappa shape index (κ1) is 94.9. The summed E-state index contributed by atoms with van der Waals surface area (Å²) in [5.74, 6) is -5.30. The first-order chi connectivity index (χ1) is 59.1. The number of hydrogen-bond acceptors (Lipinski definition) is 15. The van der Waals surface area contributed by atoms with Gasteiger partial charge in [0, 0.05) is 54.9 Å².